The molecular weight excluding hydrogens is 283 g/mol. The van der Waals surface area contributed by atoms with E-state index in [0.717, 1.165) is 49.3 Å². The van der Waals surface area contributed by atoms with Crippen LogP contribution in [0, 0.1) is 0 Å². The van der Waals surface area contributed by atoms with E-state index in [1.165, 1.54) is 6.42 Å². The monoisotopic (exact) mass is 301 g/mol. The summed E-state index contributed by atoms with van der Waals surface area (Å²) in [7, 11) is 0. The van der Waals surface area contributed by atoms with Crippen molar-refractivity contribution in [3.8, 4) is 0 Å². The molecule has 1 fully saturated rings. The van der Waals surface area contributed by atoms with Crippen LogP contribution in [0.5, 0.6) is 0 Å². The molecule has 0 aromatic carbocycles. The maximum atomic E-state index is 12.1. The van der Waals surface area contributed by atoms with E-state index in [9.17, 15) is 13.2 Å². The molecule has 7 heteroatoms. The van der Waals surface area contributed by atoms with Gasteiger partial charge in [0.1, 0.15) is 13.2 Å². The molecule has 21 heavy (non-hydrogen) atoms. The molecule has 0 unspecified atom stereocenters. The van der Waals surface area contributed by atoms with Crippen LogP contribution in [0.1, 0.15) is 48.0 Å². The Hall–Kier alpha value is -1.21. The molecule has 1 aliphatic carbocycles. The highest BCUT2D eigenvalue weighted by Crippen LogP contribution is 2.38. The number of nitrogens with one attached hydrogen (secondary N) is 1. The van der Waals surface area contributed by atoms with Crippen molar-refractivity contribution in [1.29, 1.82) is 0 Å². The first-order chi connectivity index (χ1) is 10.0. The van der Waals surface area contributed by atoms with E-state index in [4.69, 9.17) is 4.74 Å². The van der Waals surface area contributed by atoms with Gasteiger partial charge in [0.2, 0.25) is 0 Å². The van der Waals surface area contributed by atoms with Gasteiger partial charge in [0.25, 0.3) is 0 Å². The van der Waals surface area contributed by atoms with Gasteiger partial charge in [-0.15, -0.1) is 0 Å². The van der Waals surface area contributed by atoms with Gasteiger partial charge in [-0.2, -0.15) is 13.2 Å². The average molecular weight is 301 g/mol. The zero-order chi connectivity index (χ0) is 14.9. The fourth-order valence-corrected chi connectivity index (χ4v) is 2.76. The molecule has 4 nitrogen and oxygen atoms in total. The van der Waals surface area contributed by atoms with Crippen LogP contribution in [0.4, 0.5) is 13.2 Å². The van der Waals surface area contributed by atoms with Crippen LogP contribution in [0.2, 0.25) is 0 Å². The lowest BCUT2D eigenvalue weighted by molar-refractivity contribution is -0.177. The topological polar surface area (TPSA) is 47.0 Å². The van der Waals surface area contributed by atoms with Gasteiger partial charge in [-0.05, 0) is 12.8 Å². The third-order valence-corrected chi connectivity index (χ3v) is 4.00. The quantitative estimate of drug-likeness (QED) is 0.928. The van der Waals surface area contributed by atoms with Gasteiger partial charge in [-0.25, -0.2) is 9.97 Å². The molecule has 0 amide bonds. The van der Waals surface area contributed by atoms with E-state index in [2.05, 4.69) is 15.3 Å². The SMILES string of the molecule is FC(F)(F)COCc1nc2c(c(C3CCC3)n1)CNCC2. The number of halogens is 3. The van der Waals surface area contributed by atoms with Crippen molar-refractivity contribution in [3.63, 3.8) is 0 Å². The maximum Gasteiger partial charge on any atom is 0.411 e. The van der Waals surface area contributed by atoms with E-state index >= 15 is 0 Å². The number of hydrogen-bond acceptors (Lipinski definition) is 4. The van der Waals surface area contributed by atoms with Gasteiger partial charge in [0.05, 0.1) is 11.4 Å². The van der Waals surface area contributed by atoms with Gasteiger partial charge < -0.3 is 10.1 Å². The second-order valence-electron chi connectivity index (χ2n) is 5.61. The Morgan fingerprint density at radius 1 is 1.24 bits per heavy atom. The molecule has 2 heterocycles. The van der Waals surface area contributed by atoms with Crippen LogP contribution >= 0.6 is 0 Å². The Kier molecular flexibility index (Phi) is 4.12. The summed E-state index contributed by atoms with van der Waals surface area (Å²) < 4.78 is 41.1. The molecule has 1 aromatic rings. The van der Waals surface area contributed by atoms with Crippen molar-refractivity contribution >= 4 is 0 Å². The first-order valence-electron chi connectivity index (χ1n) is 7.27. The minimum Gasteiger partial charge on any atom is -0.364 e. The molecule has 0 atom stereocenters. The first kappa shape index (κ1) is 14.7. The lowest BCUT2D eigenvalue weighted by atomic mass is 9.80. The highest BCUT2D eigenvalue weighted by atomic mass is 19.4. The Bertz CT molecular complexity index is 515. The molecule has 116 valence electrons. The van der Waals surface area contributed by atoms with E-state index in [-0.39, 0.29) is 6.61 Å². The summed E-state index contributed by atoms with van der Waals surface area (Å²) in [5.74, 6) is 0.810. The average Bonchev–Trinajstić information content (AvgIpc) is 2.35. The minimum atomic E-state index is -4.31. The van der Waals surface area contributed by atoms with Crippen LogP contribution in [-0.2, 0) is 24.3 Å². The number of hydrogen-bond donors (Lipinski definition) is 1. The fraction of sp³-hybridized carbons (Fsp3) is 0.714. The van der Waals surface area contributed by atoms with Crippen molar-refractivity contribution in [2.24, 2.45) is 0 Å². The normalized spacial score (nSPS) is 19.2. The molecule has 0 radical (unpaired) electrons. The van der Waals surface area contributed by atoms with Crippen LogP contribution < -0.4 is 5.32 Å². The molecule has 0 saturated heterocycles. The minimum absolute atomic E-state index is 0.181. The van der Waals surface area contributed by atoms with Crippen LogP contribution in [-0.4, -0.2) is 29.3 Å². The Labute approximate surface area is 121 Å². The van der Waals surface area contributed by atoms with Crippen LogP contribution in [0.15, 0.2) is 0 Å². The van der Waals surface area contributed by atoms with Gasteiger partial charge >= 0.3 is 6.18 Å². The number of alkyl halides is 3. The van der Waals surface area contributed by atoms with E-state index in [0.29, 0.717) is 11.7 Å². The van der Waals surface area contributed by atoms with Gasteiger partial charge in [-0.1, -0.05) is 6.42 Å². The third-order valence-electron chi connectivity index (χ3n) is 4.00. The number of ether oxygens (including phenoxy) is 1. The lowest BCUT2D eigenvalue weighted by Crippen LogP contribution is -2.29. The summed E-state index contributed by atoms with van der Waals surface area (Å²) in [6, 6.07) is 0. The molecule has 2 aliphatic rings. The lowest BCUT2D eigenvalue weighted by Gasteiger charge is -2.29. The number of fused-ring (bicyclic) bond motifs is 1. The van der Waals surface area contributed by atoms with Gasteiger partial charge in [0.15, 0.2) is 5.82 Å². The summed E-state index contributed by atoms with van der Waals surface area (Å²) in [4.78, 5) is 8.87. The summed E-state index contributed by atoms with van der Waals surface area (Å²) in [6.45, 7) is 0.162. The number of nitrogens with zero attached hydrogens (tertiary/aromatic N) is 2. The predicted octanol–water partition coefficient (Wildman–Crippen LogP) is 2.47. The number of rotatable bonds is 4. The van der Waals surface area contributed by atoms with Crippen molar-refractivity contribution in [3.05, 3.63) is 22.8 Å². The molecule has 0 spiro atoms. The Balaban J connectivity index is 1.77. The molecular formula is C14H18F3N3O. The Morgan fingerprint density at radius 2 is 2.05 bits per heavy atom. The molecule has 1 aromatic heterocycles. The summed E-state index contributed by atoms with van der Waals surface area (Å²) in [6.07, 6.45) is -0.117. The molecule has 1 aliphatic heterocycles. The second kappa shape index (κ2) is 5.88. The Morgan fingerprint density at radius 3 is 2.71 bits per heavy atom. The van der Waals surface area contributed by atoms with E-state index in [1.54, 1.807) is 0 Å². The third kappa shape index (κ3) is 3.52. The maximum absolute atomic E-state index is 12.1. The molecule has 3 rings (SSSR count). The summed E-state index contributed by atoms with van der Waals surface area (Å²) in [5, 5.41) is 3.31. The number of aromatic nitrogens is 2. The van der Waals surface area contributed by atoms with E-state index < -0.39 is 12.8 Å². The molecule has 0 bridgehead atoms. The second-order valence-corrected chi connectivity index (χ2v) is 5.61. The van der Waals surface area contributed by atoms with Crippen LogP contribution in [0.3, 0.4) is 0 Å². The van der Waals surface area contributed by atoms with Crippen molar-refractivity contribution in [2.75, 3.05) is 13.2 Å². The molecule has 1 N–H and O–H groups in total. The predicted molar refractivity (Wildman–Crippen MR) is 69.7 cm³/mol. The highest BCUT2D eigenvalue weighted by molar-refractivity contribution is 5.31. The molecule has 1 saturated carbocycles. The standard InChI is InChI=1S/C14H18F3N3O/c15-14(16,17)8-21-7-12-19-11-4-5-18-6-10(11)13(20-12)9-2-1-3-9/h9,18H,1-8H2. The van der Waals surface area contributed by atoms with Crippen molar-refractivity contribution in [1.82, 2.24) is 15.3 Å². The largest absolute Gasteiger partial charge is 0.411 e. The smallest absolute Gasteiger partial charge is 0.364 e. The van der Waals surface area contributed by atoms with Crippen molar-refractivity contribution in [2.45, 2.75) is 50.9 Å². The van der Waals surface area contributed by atoms with Crippen LogP contribution in [0.25, 0.3) is 0 Å². The summed E-state index contributed by atoms with van der Waals surface area (Å²) >= 11 is 0. The zero-order valence-electron chi connectivity index (χ0n) is 11.7. The zero-order valence-corrected chi connectivity index (χ0v) is 11.7. The van der Waals surface area contributed by atoms with Gasteiger partial charge in [0, 0.05) is 31.0 Å². The first-order valence-corrected chi connectivity index (χ1v) is 7.27. The van der Waals surface area contributed by atoms with Crippen molar-refractivity contribution < 1.29 is 17.9 Å². The fourth-order valence-electron chi connectivity index (χ4n) is 2.76. The van der Waals surface area contributed by atoms with Gasteiger partial charge in [-0.3, -0.25) is 0 Å². The summed E-state index contributed by atoms with van der Waals surface area (Å²) in [5.41, 5.74) is 3.13. The highest BCUT2D eigenvalue weighted by Gasteiger charge is 2.29. The van der Waals surface area contributed by atoms with E-state index in [1.807, 2.05) is 0 Å².